The van der Waals surface area contributed by atoms with Crippen LogP contribution in [0.1, 0.15) is 57.7 Å². The Morgan fingerprint density at radius 3 is 2.72 bits per heavy atom. The van der Waals surface area contributed by atoms with Gasteiger partial charge in [0.05, 0.1) is 6.20 Å². The van der Waals surface area contributed by atoms with Crippen molar-refractivity contribution in [2.45, 2.75) is 66.3 Å². The van der Waals surface area contributed by atoms with Crippen molar-refractivity contribution < 1.29 is 9.59 Å². The summed E-state index contributed by atoms with van der Waals surface area (Å²) >= 11 is 0. The van der Waals surface area contributed by atoms with Gasteiger partial charge in [-0.1, -0.05) is 13.8 Å². The van der Waals surface area contributed by atoms with E-state index in [1.54, 1.807) is 6.92 Å². The Kier molecular flexibility index (Phi) is 4.91. The van der Waals surface area contributed by atoms with Crippen molar-refractivity contribution in [1.82, 2.24) is 19.7 Å². The summed E-state index contributed by atoms with van der Waals surface area (Å²) in [7, 11) is 0. The Morgan fingerprint density at radius 1 is 1.16 bits per heavy atom. The lowest BCUT2D eigenvalue weighted by molar-refractivity contribution is -0.128. The minimum atomic E-state index is -0.0188. The summed E-state index contributed by atoms with van der Waals surface area (Å²) in [5.74, 6) is 0.771. The van der Waals surface area contributed by atoms with Gasteiger partial charge in [-0.25, -0.2) is 4.98 Å². The van der Waals surface area contributed by atoms with E-state index >= 15 is 0 Å². The third-order valence-corrected chi connectivity index (χ3v) is 7.77. The number of hydrogen-bond donors (Lipinski definition) is 1. The normalized spacial score (nSPS) is 26.0. The highest BCUT2D eigenvalue weighted by Gasteiger charge is 2.46. The van der Waals surface area contributed by atoms with E-state index in [0.29, 0.717) is 5.82 Å². The highest BCUT2D eigenvalue weighted by atomic mass is 16.2. The Hall–Kier alpha value is -2.70. The van der Waals surface area contributed by atoms with Crippen LogP contribution in [0.15, 0.2) is 18.5 Å². The summed E-state index contributed by atoms with van der Waals surface area (Å²) in [6, 6.07) is 1.99. The van der Waals surface area contributed by atoms with Gasteiger partial charge in [-0.05, 0) is 67.1 Å². The predicted octanol–water partition coefficient (Wildman–Crippen LogP) is 3.81. The molecular weight excluding hydrogens is 402 g/mol. The van der Waals surface area contributed by atoms with E-state index in [2.05, 4.69) is 40.9 Å². The fourth-order valence-corrected chi connectivity index (χ4v) is 5.99. The minimum Gasteiger partial charge on any atom is -0.342 e. The number of aromatic nitrogens is 3. The van der Waals surface area contributed by atoms with Crippen molar-refractivity contribution in [3.63, 3.8) is 0 Å². The molecule has 1 saturated carbocycles. The molecular formula is C25H33N5O2. The van der Waals surface area contributed by atoms with Crippen LogP contribution < -0.4 is 5.32 Å². The van der Waals surface area contributed by atoms with E-state index in [1.165, 1.54) is 5.69 Å². The number of likely N-dealkylation sites (tertiary alicyclic amines) is 1. The Labute approximate surface area is 189 Å². The number of fused-ring (bicyclic) bond motifs is 1. The van der Waals surface area contributed by atoms with Gasteiger partial charge >= 0.3 is 0 Å². The van der Waals surface area contributed by atoms with Crippen LogP contribution in [0.5, 0.6) is 0 Å². The maximum Gasteiger partial charge on any atom is 0.228 e. The van der Waals surface area contributed by atoms with Crippen LogP contribution in [-0.2, 0) is 22.6 Å². The topological polar surface area (TPSA) is 80.1 Å². The smallest absolute Gasteiger partial charge is 0.228 e. The molecule has 2 atom stereocenters. The molecule has 1 spiro atoms. The molecule has 1 N–H and O–H groups in total. The third-order valence-electron chi connectivity index (χ3n) is 7.77. The van der Waals surface area contributed by atoms with Gasteiger partial charge in [-0.15, -0.1) is 0 Å². The van der Waals surface area contributed by atoms with Crippen LogP contribution in [0.4, 0.5) is 5.82 Å². The molecule has 4 heterocycles. The molecule has 5 rings (SSSR count). The standard InChI is InChI=1S/C25H33N5O2/c1-16-12-26-22(9-19(16)20-13-27-30-14-24(3,4)11-21(20)30)28-23(32)18-5-6-25(10-18)7-8-29(15-25)17(2)31/h9,12-13,18H,5-8,10-11,14-15H2,1-4H3,(H,26,28,32)/t18-,25+/m1/s1. The lowest BCUT2D eigenvalue weighted by atomic mass is 9.84. The number of carbonyl (C=O) groups excluding carboxylic acids is 2. The first kappa shape index (κ1) is 21.2. The second-order valence-corrected chi connectivity index (χ2v) is 11.0. The Balaban J connectivity index is 1.31. The van der Waals surface area contributed by atoms with Gasteiger partial charge in [0.1, 0.15) is 5.82 Å². The number of amides is 2. The maximum absolute atomic E-state index is 13.1. The molecule has 0 aromatic carbocycles. The number of nitrogens with one attached hydrogen (secondary N) is 1. The van der Waals surface area contributed by atoms with Crippen LogP contribution in [-0.4, -0.2) is 44.6 Å². The molecule has 0 bridgehead atoms. The number of anilines is 1. The molecule has 32 heavy (non-hydrogen) atoms. The Morgan fingerprint density at radius 2 is 1.97 bits per heavy atom. The van der Waals surface area contributed by atoms with Crippen LogP contribution >= 0.6 is 0 Å². The fourth-order valence-electron chi connectivity index (χ4n) is 5.99. The summed E-state index contributed by atoms with van der Waals surface area (Å²) in [4.78, 5) is 31.2. The van der Waals surface area contributed by atoms with Crippen molar-refractivity contribution in [3.05, 3.63) is 29.7 Å². The summed E-state index contributed by atoms with van der Waals surface area (Å²) in [6.07, 6.45) is 8.53. The van der Waals surface area contributed by atoms with Crippen LogP contribution in [0.3, 0.4) is 0 Å². The highest BCUT2D eigenvalue weighted by Crippen LogP contribution is 2.48. The summed E-state index contributed by atoms with van der Waals surface area (Å²) in [5.41, 5.74) is 4.90. The first-order valence-corrected chi connectivity index (χ1v) is 11.7. The number of nitrogens with zero attached hydrogens (tertiary/aromatic N) is 4. The van der Waals surface area contributed by atoms with E-state index in [4.69, 9.17) is 0 Å². The number of hydrogen-bond acceptors (Lipinski definition) is 4. The summed E-state index contributed by atoms with van der Waals surface area (Å²) < 4.78 is 2.11. The molecule has 2 aromatic heterocycles. The molecule has 1 aliphatic carbocycles. The van der Waals surface area contributed by atoms with Gasteiger partial charge in [0.2, 0.25) is 11.8 Å². The van der Waals surface area contributed by atoms with Gasteiger partial charge in [-0.2, -0.15) is 5.10 Å². The molecule has 1 saturated heterocycles. The van der Waals surface area contributed by atoms with Crippen molar-refractivity contribution >= 4 is 17.6 Å². The van der Waals surface area contributed by atoms with Crippen molar-refractivity contribution in [3.8, 4) is 11.1 Å². The predicted molar refractivity (Wildman–Crippen MR) is 123 cm³/mol. The second kappa shape index (κ2) is 7.42. The molecule has 0 unspecified atom stereocenters. The van der Waals surface area contributed by atoms with E-state index in [9.17, 15) is 9.59 Å². The maximum atomic E-state index is 13.1. The van der Waals surface area contributed by atoms with E-state index in [0.717, 1.165) is 68.4 Å². The molecule has 170 valence electrons. The molecule has 2 aromatic rings. The SMILES string of the molecule is CC(=O)N1CC[C@]2(CC[C@@H](C(=O)Nc3cc(-c4cnn5c4CC(C)(C)C5)c(C)cn3)C2)C1. The first-order valence-electron chi connectivity index (χ1n) is 11.7. The zero-order valence-corrected chi connectivity index (χ0v) is 19.6. The average Bonchev–Trinajstić information content (AvgIpc) is 3.48. The number of carbonyl (C=O) groups is 2. The summed E-state index contributed by atoms with van der Waals surface area (Å²) in [6.45, 7) is 10.8. The van der Waals surface area contributed by atoms with E-state index in [-0.39, 0.29) is 28.6 Å². The molecule has 2 fully saturated rings. The fraction of sp³-hybridized carbons (Fsp3) is 0.600. The van der Waals surface area contributed by atoms with E-state index < -0.39 is 0 Å². The van der Waals surface area contributed by atoms with Gasteiger partial charge in [0.25, 0.3) is 0 Å². The quantitative estimate of drug-likeness (QED) is 0.795. The van der Waals surface area contributed by atoms with Crippen molar-refractivity contribution in [2.75, 3.05) is 18.4 Å². The van der Waals surface area contributed by atoms with Crippen molar-refractivity contribution in [1.29, 1.82) is 0 Å². The molecule has 0 radical (unpaired) electrons. The zero-order chi connectivity index (χ0) is 22.7. The molecule has 3 aliphatic rings. The molecule has 2 aliphatic heterocycles. The first-order chi connectivity index (χ1) is 15.1. The number of pyridine rings is 1. The van der Waals surface area contributed by atoms with Crippen LogP contribution in [0.25, 0.3) is 11.1 Å². The highest BCUT2D eigenvalue weighted by molar-refractivity contribution is 5.92. The molecule has 7 heteroatoms. The summed E-state index contributed by atoms with van der Waals surface area (Å²) in [5, 5.41) is 7.68. The lowest BCUT2D eigenvalue weighted by Gasteiger charge is -2.23. The van der Waals surface area contributed by atoms with Gasteiger partial charge < -0.3 is 10.2 Å². The monoisotopic (exact) mass is 435 g/mol. The zero-order valence-electron chi connectivity index (χ0n) is 19.6. The second-order valence-electron chi connectivity index (χ2n) is 11.0. The Bertz CT molecular complexity index is 1090. The largest absolute Gasteiger partial charge is 0.342 e. The van der Waals surface area contributed by atoms with Crippen molar-refractivity contribution in [2.24, 2.45) is 16.7 Å². The number of rotatable bonds is 3. The van der Waals surface area contributed by atoms with Crippen LogP contribution in [0.2, 0.25) is 0 Å². The number of aryl methyl sites for hydroxylation is 1. The van der Waals surface area contributed by atoms with Gasteiger partial charge in [0, 0.05) is 49.9 Å². The molecule has 2 amide bonds. The lowest BCUT2D eigenvalue weighted by Crippen LogP contribution is -2.30. The third kappa shape index (κ3) is 3.71. The van der Waals surface area contributed by atoms with Crippen LogP contribution in [0, 0.1) is 23.7 Å². The average molecular weight is 436 g/mol. The van der Waals surface area contributed by atoms with Gasteiger partial charge in [-0.3, -0.25) is 14.3 Å². The van der Waals surface area contributed by atoms with Gasteiger partial charge in [0.15, 0.2) is 0 Å². The van der Waals surface area contributed by atoms with E-state index in [1.807, 2.05) is 23.4 Å². The minimum absolute atomic E-state index is 0.0188. The molecule has 7 nitrogen and oxygen atoms in total.